The van der Waals surface area contributed by atoms with Gasteiger partial charge in [-0.1, -0.05) is 133 Å². The van der Waals surface area contributed by atoms with Crippen molar-refractivity contribution in [3.63, 3.8) is 0 Å². The van der Waals surface area contributed by atoms with Gasteiger partial charge in [0.1, 0.15) is 0 Å². The molecule has 1 heterocycles. The second-order valence-corrected chi connectivity index (χ2v) is 11.6. The highest BCUT2D eigenvalue weighted by atomic mass is 16.1. The molecular weight excluding hydrogens is 546 g/mol. The van der Waals surface area contributed by atoms with Crippen molar-refractivity contribution in [1.29, 1.82) is 0 Å². The number of hydrogen-bond donors (Lipinski definition) is 0. The molecule has 0 saturated heterocycles. The van der Waals surface area contributed by atoms with Crippen LogP contribution >= 0.6 is 0 Å². The Bertz CT molecular complexity index is 2600. The van der Waals surface area contributed by atoms with E-state index in [9.17, 15) is 4.79 Å². The van der Waals surface area contributed by atoms with E-state index in [2.05, 4.69) is 115 Å². The molecule has 8 aromatic carbocycles. The first-order valence-corrected chi connectivity index (χ1v) is 15.3. The van der Waals surface area contributed by atoms with Crippen LogP contribution < -0.4 is 5.56 Å². The third-order valence-electron chi connectivity index (χ3n) is 9.18. The summed E-state index contributed by atoms with van der Waals surface area (Å²) in [6.07, 6.45) is 0. The Kier molecular flexibility index (Phi) is 5.69. The summed E-state index contributed by atoms with van der Waals surface area (Å²) in [5.74, 6) is 0. The summed E-state index contributed by atoms with van der Waals surface area (Å²) in [5, 5.41) is 10.1. The third-order valence-corrected chi connectivity index (χ3v) is 9.18. The maximum Gasteiger partial charge on any atom is 0.263 e. The van der Waals surface area contributed by atoms with E-state index in [1.54, 1.807) is 0 Å². The third kappa shape index (κ3) is 3.86. The van der Waals surface area contributed by atoms with Gasteiger partial charge in [-0.3, -0.25) is 9.36 Å². The molecule has 0 aliphatic rings. The van der Waals surface area contributed by atoms with Crippen molar-refractivity contribution in [2.24, 2.45) is 0 Å². The summed E-state index contributed by atoms with van der Waals surface area (Å²) in [6.45, 7) is 0. The summed E-state index contributed by atoms with van der Waals surface area (Å²) in [7, 11) is 0. The van der Waals surface area contributed by atoms with Crippen LogP contribution in [0.4, 0.5) is 0 Å². The van der Waals surface area contributed by atoms with Gasteiger partial charge in [0.15, 0.2) is 0 Å². The second-order valence-electron chi connectivity index (χ2n) is 11.6. The fourth-order valence-corrected chi connectivity index (χ4v) is 7.24. The molecule has 0 spiro atoms. The predicted octanol–water partition coefficient (Wildman–Crippen LogP) is 10.9. The van der Waals surface area contributed by atoms with E-state index in [-0.39, 0.29) is 5.56 Å². The summed E-state index contributed by atoms with van der Waals surface area (Å²) in [5.41, 5.74) is 6.58. The number of aromatic nitrogens is 1. The molecule has 0 N–H and O–H groups in total. The summed E-state index contributed by atoms with van der Waals surface area (Å²) in [4.78, 5) is 13.9. The van der Waals surface area contributed by atoms with Crippen molar-refractivity contribution in [1.82, 2.24) is 4.57 Å². The molecule has 0 aliphatic carbocycles. The number of nitrogens with zero attached hydrogens (tertiary/aromatic N) is 1. The summed E-state index contributed by atoms with van der Waals surface area (Å²) < 4.78 is 1.85. The number of hydrogen-bond acceptors (Lipinski definition) is 1. The number of rotatable bonds is 3. The Morgan fingerprint density at radius 2 is 0.911 bits per heavy atom. The Balaban J connectivity index is 1.41. The molecule has 0 atom stereocenters. The lowest BCUT2D eigenvalue weighted by atomic mass is 9.84. The zero-order valence-corrected chi connectivity index (χ0v) is 24.4. The van der Waals surface area contributed by atoms with Crippen LogP contribution in [-0.4, -0.2) is 4.57 Å². The highest BCUT2D eigenvalue weighted by Gasteiger charge is 2.19. The van der Waals surface area contributed by atoms with Gasteiger partial charge >= 0.3 is 0 Å². The van der Waals surface area contributed by atoms with Crippen LogP contribution in [0.2, 0.25) is 0 Å². The molecule has 1 aromatic heterocycles. The predicted molar refractivity (Wildman–Crippen MR) is 190 cm³/mol. The van der Waals surface area contributed by atoms with E-state index >= 15 is 0 Å². The van der Waals surface area contributed by atoms with E-state index in [0.717, 1.165) is 27.5 Å². The second kappa shape index (κ2) is 10.0. The molecule has 2 nitrogen and oxygen atoms in total. The smallest absolute Gasteiger partial charge is 0.263 e. The number of benzene rings is 8. The number of pyridine rings is 1. The van der Waals surface area contributed by atoms with Crippen molar-refractivity contribution in [2.45, 2.75) is 0 Å². The average molecular weight is 574 g/mol. The molecule has 0 saturated carbocycles. The average Bonchev–Trinajstić information content (AvgIpc) is 3.11. The van der Waals surface area contributed by atoms with Crippen LogP contribution in [0.1, 0.15) is 0 Å². The molecule has 9 rings (SSSR count). The molecule has 45 heavy (non-hydrogen) atoms. The largest absolute Gasteiger partial charge is 0.276 e. The van der Waals surface area contributed by atoms with Crippen LogP contribution in [0.15, 0.2) is 169 Å². The fourth-order valence-electron chi connectivity index (χ4n) is 7.24. The Morgan fingerprint density at radius 1 is 0.378 bits per heavy atom. The van der Waals surface area contributed by atoms with Gasteiger partial charge in [0.25, 0.3) is 5.56 Å². The van der Waals surface area contributed by atoms with Crippen LogP contribution in [0.3, 0.4) is 0 Å². The molecule has 0 fully saturated rings. The van der Waals surface area contributed by atoms with Gasteiger partial charge in [-0.05, 0) is 90.3 Å². The topological polar surface area (TPSA) is 22.0 Å². The van der Waals surface area contributed by atoms with E-state index in [0.29, 0.717) is 5.39 Å². The lowest BCUT2D eigenvalue weighted by molar-refractivity contribution is 1.06. The summed E-state index contributed by atoms with van der Waals surface area (Å²) >= 11 is 0. The SMILES string of the molecule is O=c1c2ccccc2c2cc(-c3c4ccccc4c(-c4cccc5ccccc45)c4ccccc34)ccc2n1-c1ccccc1. The Labute approximate surface area is 260 Å². The molecule has 9 aromatic rings. The quantitative estimate of drug-likeness (QED) is 0.152. The van der Waals surface area contributed by atoms with Crippen LogP contribution in [0.5, 0.6) is 0 Å². The van der Waals surface area contributed by atoms with E-state index in [1.165, 1.54) is 49.0 Å². The first kappa shape index (κ1) is 25.5. The first-order chi connectivity index (χ1) is 22.3. The standard InChI is InChI=1S/C43H27NO/c45-43-38-23-11-6-18-32(38)39-27-29(25-26-40(39)44(43)30-15-2-1-3-16-30)41-34-19-7-9-21-36(34)42(37-22-10-8-20-35(37)41)33-24-12-14-28-13-4-5-17-31(28)33/h1-27H. The van der Waals surface area contributed by atoms with Gasteiger partial charge in [-0.15, -0.1) is 0 Å². The molecule has 210 valence electrons. The van der Waals surface area contributed by atoms with E-state index in [1.807, 2.05) is 53.1 Å². The normalized spacial score (nSPS) is 11.6. The zero-order valence-electron chi connectivity index (χ0n) is 24.4. The maximum absolute atomic E-state index is 13.9. The fraction of sp³-hybridized carbons (Fsp3) is 0. The van der Waals surface area contributed by atoms with Crippen LogP contribution in [-0.2, 0) is 0 Å². The van der Waals surface area contributed by atoms with Crippen LogP contribution in [0, 0.1) is 0 Å². The molecule has 0 bridgehead atoms. The minimum atomic E-state index is -0.00705. The maximum atomic E-state index is 13.9. The van der Waals surface area contributed by atoms with Crippen molar-refractivity contribution < 1.29 is 0 Å². The van der Waals surface area contributed by atoms with E-state index < -0.39 is 0 Å². The van der Waals surface area contributed by atoms with Crippen molar-refractivity contribution in [3.05, 3.63) is 174 Å². The number of fused-ring (bicyclic) bond motifs is 6. The minimum Gasteiger partial charge on any atom is -0.276 e. The molecule has 0 radical (unpaired) electrons. The molecule has 0 aliphatic heterocycles. The van der Waals surface area contributed by atoms with E-state index in [4.69, 9.17) is 0 Å². The Hall–Kier alpha value is -5.99. The van der Waals surface area contributed by atoms with Crippen molar-refractivity contribution in [3.8, 4) is 27.9 Å². The lowest BCUT2D eigenvalue weighted by Crippen LogP contribution is -2.19. The van der Waals surface area contributed by atoms with Gasteiger partial charge in [0.05, 0.1) is 5.52 Å². The molecule has 0 amide bonds. The highest BCUT2D eigenvalue weighted by Crippen LogP contribution is 2.45. The van der Waals surface area contributed by atoms with Crippen LogP contribution in [0.25, 0.3) is 81.9 Å². The van der Waals surface area contributed by atoms with Gasteiger partial charge in [0.2, 0.25) is 0 Å². The van der Waals surface area contributed by atoms with Crippen molar-refractivity contribution >= 4 is 54.0 Å². The number of para-hydroxylation sites is 1. The van der Waals surface area contributed by atoms with Gasteiger partial charge in [0, 0.05) is 16.5 Å². The Morgan fingerprint density at radius 3 is 1.60 bits per heavy atom. The molecule has 0 unspecified atom stereocenters. The lowest BCUT2D eigenvalue weighted by Gasteiger charge is -2.20. The van der Waals surface area contributed by atoms with Gasteiger partial charge in [-0.2, -0.15) is 0 Å². The van der Waals surface area contributed by atoms with Gasteiger partial charge in [-0.25, -0.2) is 0 Å². The first-order valence-electron chi connectivity index (χ1n) is 15.3. The molecular formula is C43H27NO. The summed E-state index contributed by atoms with van der Waals surface area (Å²) in [6, 6.07) is 57.3. The highest BCUT2D eigenvalue weighted by molar-refractivity contribution is 6.24. The molecule has 2 heteroatoms. The monoisotopic (exact) mass is 573 g/mol. The zero-order chi connectivity index (χ0) is 29.9. The van der Waals surface area contributed by atoms with Crippen molar-refractivity contribution in [2.75, 3.05) is 0 Å². The van der Waals surface area contributed by atoms with Gasteiger partial charge < -0.3 is 0 Å². The minimum absolute atomic E-state index is 0.00705.